The average Bonchev–Trinajstić information content (AvgIpc) is 2.69. The van der Waals surface area contributed by atoms with E-state index in [2.05, 4.69) is 36.2 Å². The van der Waals surface area contributed by atoms with Crippen LogP contribution in [0, 0.1) is 13.8 Å². The third kappa shape index (κ3) is 2.71. The predicted octanol–water partition coefficient (Wildman–Crippen LogP) is 3.40. The van der Waals surface area contributed by atoms with Crippen LogP contribution in [0.3, 0.4) is 0 Å². The van der Waals surface area contributed by atoms with E-state index in [1.54, 1.807) is 0 Å². The van der Waals surface area contributed by atoms with Crippen molar-refractivity contribution < 1.29 is 4.79 Å². The van der Waals surface area contributed by atoms with E-state index >= 15 is 0 Å². The number of carbonyl (C=O) groups excluding carboxylic acids is 1. The summed E-state index contributed by atoms with van der Waals surface area (Å²) in [5, 5.41) is 0. The van der Waals surface area contributed by atoms with Crippen LogP contribution in [0.1, 0.15) is 27.0 Å². The summed E-state index contributed by atoms with van der Waals surface area (Å²) < 4.78 is 0. The molecule has 2 aromatic rings. The molecule has 0 saturated carbocycles. The van der Waals surface area contributed by atoms with E-state index in [1.807, 2.05) is 36.9 Å². The molecule has 0 bridgehead atoms. The zero-order chi connectivity index (χ0) is 15.7. The standard InChI is InChI=1S/C19H22N2O/c1-14-8-9-15(2)17(12-14)19(22)21-11-10-20(3)18-7-5-4-6-16(18)13-21/h4-9,12H,10-11,13H2,1-3H3. The second kappa shape index (κ2) is 5.84. The molecule has 1 heterocycles. The summed E-state index contributed by atoms with van der Waals surface area (Å²) >= 11 is 0. The van der Waals surface area contributed by atoms with Crippen molar-refractivity contribution in [2.45, 2.75) is 20.4 Å². The van der Waals surface area contributed by atoms with Crippen LogP contribution >= 0.6 is 0 Å². The van der Waals surface area contributed by atoms with E-state index in [1.165, 1.54) is 11.3 Å². The summed E-state index contributed by atoms with van der Waals surface area (Å²) in [5.74, 6) is 0.131. The number of amides is 1. The molecule has 0 spiro atoms. The maximum Gasteiger partial charge on any atom is 0.254 e. The molecule has 0 aliphatic carbocycles. The molecule has 22 heavy (non-hydrogen) atoms. The first-order chi connectivity index (χ1) is 10.6. The number of hydrogen-bond acceptors (Lipinski definition) is 2. The van der Waals surface area contributed by atoms with Crippen molar-refractivity contribution in [2.75, 3.05) is 25.0 Å². The van der Waals surface area contributed by atoms with Gasteiger partial charge in [-0.1, -0.05) is 35.9 Å². The van der Waals surface area contributed by atoms with Crippen LogP contribution in [0.15, 0.2) is 42.5 Å². The van der Waals surface area contributed by atoms with Gasteiger partial charge in [0.2, 0.25) is 0 Å². The molecule has 0 fully saturated rings. The fraction of sp³-hybridized carbons (Fsp3) is 0.316. The number of carbonyl (C=O) groups is 1. The van der Waals surface area contributed by atoms with Crippen LogP contribution in [0.2, 0.25) is 0 Å². The van der Waals surface area contributed by atoms with E-state index in [4.69, 9.17) is 0 Å². The van der Waals surface area contributed by atoms with Gasteiger partial charge in [-0.15, -0.1) is 0 Å². The summed E-state index contributed by atoms with van der Waals surface area (Å²) in [6, 6.07) is 14.4. The van der Waals surface area contributed by atoms with Crippen molar-refractivity contribution in [3.05, 3.63) is 64.7 Å². The van der Waals surface area contributed by atoms with Gasteiger partial charge in [-0.2, -0.15) is 0 Å². The molecule has 3 nitrogen and oxygen atoms in total. The minimum atomic E-state index is 0.131. The van der Waals surface area contributed by atoms with Crippen molar-refractivity contribution in [1.82, 2.24) is 4.90 Å². The van der Waals surface area contributed by atoms with E-state index in [-0.39, 0.29) is 5.91 Å². The highest BCUT2D eigenvalue weighted by molar-refractivity contribution is 5.96. The van der Waals surface area contributed by atoms with E-state index in [0.717, 1.165) is 29.8 Å². The Morgan fingerprint density at radius 2 is 1.82 bits per heavy atom. The summed E-state index contributed by atoms with van der Waals surface area (Å²) in [7, 11) is 2.09. The second-order valence-corrected chi connectivity index (χ2v) is 6.10. The van der Waals surface area contributed by atoms with E-state index in [0.29, 0.717) is 6.54 Å². The van der Waals surface area contributed by atoms with Crippen LogP contribution in [0.5, 0.6) is 0 Å². The van der Waals surface area contributed by atoms with Gasteiger partial charge >= 0.3 is 0 Å². The SMILES string of the molecule is Cc1ccc(C)c(C(=O)N2CCN(C)c3ccccc3C2)c1. The molecule has 3 heteroatoms. The zero-order valence-corrected chi connectivity index (χ0v) is 13.5. The number of rotatable bonds is 1. The Morgan fingerprint density at radius 3 is 2.64 bits per heavy atom. The largest absolute Gasteiger partial charge is 0.373 e. The van der Waals surface area contributed by atoms with Crippen LogP contribution in [-0.2, 0) is 6.54 Å². The van der Waals surface area contributed by atoms with Crippen molar-refractivity contribution in [3.8, 4) is 0 Å². The minimum Gasteiger partial charge on any atom is -0.373 e. The van der Waals surface area contributed by atoms with Crippen LogP contribution in [0.25, 0.3) is 0 Å². The van der Waals surface area contributed by atoms with Gasteiger partial charge in [0.1, 0.15) is 0 Å². The molecule has 2 aromatic carbocycles. The van der Waals surface area contributed by atoms with Gasteiger partial charge in [-0.3, -0.25) is 4.79 Å². The highest BCUT2D eigenvalue weighted by Crippen LogP contribution is 2.25. The lowest BCUT2D eigenvalue weighted by Crippen LogP contribution is -2.34. The maximum absolute atomic E-state index is 12.9. The van der Waals surface area contributed by atoms with E-state index < -0.39 is 0 Å². The number of anilines is 1. The van der Waals surface area contributed by atoms with Gasteiger partial charge in [0.25, 0.3) is 5.91 Å². The lowest BCUT2D eigenvalue weighted by molar-refractivity contribution is 0.0751. The summed E-state index contributed by atoms with van der Waals surface area (Å²) in [6.45, 7) is 6.31. The van der Waals surface area contributed by atoms with Crippen LogP contribution in [-0.4, -0.2) is 30.9 Å². The number of hydrogen-bond donors (Lipinski definition) is 0. The van der Waals surface area contributed by atoms with Gasteiger partial charge in [0.15, 0.2) is 0 Å². The number of nitrogens with zero attached hydrogens (tertiary/aromatic N) is 2. The number of benzene rings is 2. The molecular weight excluding hydrogens is 272 g/mol. The Kier molecular flexibility index (Phi) is 3.88. The van der Waals surface area contributed by atoms with Crippen LogP contribution in [0.4, 0.5) is 5.69 Å². The van der Waals surface area contributed by atoms with Crippen molar-refractivity contribution in [2.24, 2.45) is 0 Å². The second-order valence-electron chi connectivity index (χ2n) is 6.10. The molecule has 0 saturated heterocycles. The fourth-order valence-electron chi connectivity index (χ4n) is 3.00. The van der Waals surface area contributed by atoms with E-state index in [9.17, 15) is 4.79 Å². The lowest BCUT2D eigenvalue weighted by Gasteiger charge is -2.22. The molecule has 1 aliphatic heterocycles. The van der Waals surface area contributed by atoms with Gasteiger partial charge < -0.3 is 9.80 Å². The Balaban J connectivity index is 1.93. The predicted molar refractivity (Wildman–Crippen MR) is 90.4 cm³/mol. The average molecular weight is 294 g/mol. The molecule has 1 amide bonds. The van der Waals surface area contributed by atoms with Crippen molar-refractivity contribution in [1.29, 1.82) is 0 Å². The third-order valence-corrected chi connectivity index (χ3v) is 4.38. The third-order valence-electron chi connectivity index (χ3n) is 4.38. The fourth-order valence-corrected chi connectivity index (χ4v) is 3.00. The van der Waals surface area contributed by atoms with Gasteiger partial charge in [0, 0.05) is 37.9 Å². The normalized spacial score (nSPS) is 14.5. The number of likely N-dealkylation sites (N-methyl/N-ethyl adjacent to an activating group) is 1. The highest BCUT2D eigenvalue weighted by Gasteiger charge is 2.23. The highest BCUT2D eigenvalue weighted by atomic mass is 16.2. The van der Waals surface area contributed by atoms with Gasteiger partial charge in [0.05, 0.1) is 0 Å². The Hall–Kier alpha value is -2.29. The topological polar surface area (TPSA) is 23.6 Å². The summed E-state index contributed by atoms with van der Waals surface area (Å²) in [5.41, 5.74) is 5.42. The molecule has 0 aromatic heterocycles. The number of aryl methyl sites for hydroxylation is 2. The molecule has 114 valence electrons. The summed E-state index contributed by atoms with van der Waals surface area (Å²) in [6.07, 6.45) is 0. The first-order valence-corrected chi connectivity index (χ1v) is 7.72. The Labute approximate surface area is 132 Å². The zero-order valence-electron chi connectivity index (χ0n) is 13.5. The van der Waals surface area contributed by atoms with Crippen molar-refractivity contribution >= 4 is 11.6 Å². The number of para-hydroxylation sites is 1. The smallest absolute Gasteiger partial charge is 0.254 e. The first-order valence-electron chi connectivity index (χ1n) is 7.72. The minimum absolute atomic E-state index is 0.131. The van der Waals surface area contributed by atoms with Gasteiger partial charge in [-0.05, 0) is 37.1 Å². The lowest BCUT2D eigenvalue weighted by atomic mass is 10.0. The number of fused-ring (bicyclic) bond motifs is 1. The van der Waals surface area contributed by atoms with Crippen molar-refractivity contribution in [3.63, 3.8) is 0 Å². The molecule has 0 radical (unpaired) electrons. The Bertz CT molecular complexity index is 708. The maximum atomic E-state index is 12.9. The van der Waals surface area contributed by atoms with Crippen LogP contribution < -0.4 is 4.90 Å². The Morgan fingerprint density at radius 1 is 1.05 bits per heavy atom. The molecular formula is C19H22N2O. The summed E-state index contributed by atoms with van der Waals surface area (Å²) in [4.78, 5) is 17.1. The molecule has 0 atom stereocenters. The first kappa shape index (κ1) is 14.6. The molecule has 0 N–H and O–H groups in total. The quantitative estimate of drug-likeness (QED) is 0.805. The van der Waals surface area contributed by atoms with Gasteiger partial charge in [-0.25, -0.2) is 0 Å². The monoisotopic (exact) mass is 294 g/mol. The molecule has 1 aliphatic rings. The molecule has 3 rings (SSSR count). The molecule has 0 unspecified atom stereocenters.